The molecule has 1 unspecified atom stereocenters. The average Bonchev–Trinajstić information content (AvgIpc) is 2.26. The maximum absolute atomic E-state index is 5.50. The number of rotatable bonds is 5. The second kappa shape index (κ2) is 6.24. The van der Waals surface area contributed by atoms with E-state index in [4.69, 9.17) is 4.74 Å². The van der Waals surface area contributed by atoms with Crippen molar-refractivity contribution in [1.82, 2.24) is 5.32 Å². The first kappa shape index (κ1) is 15.0. The fourth-order valence-corrected chi connectivity index (χ4v) is 2.28. The topological polar surface area (TPSA) is 21.3 Å². The van der Waals surface area contributed by atoms with Gasteiger partial charge in [0.15, 0.2) is 0 Å². The van der Waals surface area contributed by atoms with Crippen molar-refractivity contribution in [2.75, 3.05) is 13.7 Å². The van der Waals surface area contributed by atoms with Crippen molar-refractivity contribution in [3.8, 4) is 5.75 Å². The van der Waals surface area contributed by atoms with Gasteiger partial charge in [-0.05, 0) is 31.4 Å². The molecule has 0 heterocycles. The summed E-state index contributed by atoms with van der Waals surface area (Å²) in [7, 11) is 1.74. The van der Waals surface area contributed by atoms with E-state index in [-0.39, 0.29) is 0 Å². The van der Waals surface area contributed by atoms with Crippen LogP contribution < -0.4 is 10.1 Å². The van der Waals surface area contributed by atoms with E-state index in [1.54, 1.807) is 7.11 Å². The average molecular weight is 249 g/mol. The molecule has 1 atom stereocenters. The number of nitrogens with one attached hydrogen (secondary N) is 1. The van der Waals surface area contributed by atoms with Gasteiger partial charge >= 0.3 is 0 Å². The van der Waals surface area contributed by atoms with Gasteiger partial charge in [0.25, 0.3) is 0 Å². The molecule has 0 bridgehead atoms. The third kappa shape index (κ3) is 4.34. The summed E-state index contributed by atoms with van der Waals surface area (Å²) in [4.78, 5) is 0. The molecular formula is C16H27NO. The standard InChI is InChI=1S/C16H27NO/c1-7-17-14(11-16(3,4)5)13-10-12(2)8-9-15(13)18-6/h8-10,14,17H,7,11H2,1-6H3. The van der Waals surface area contributed by atoms with Crippen LogP contribution in [0, 0.1) is 12.3 Å². The summed E-state index contributed by atoms with van der Waals surface area (Å²) < 4.78 is 5.50. The Bertz CT molecular complexity index is 379. The molecule has 0 radical (unpaired) electrons. The first-order valence-electron chi connectivity index (χ1n) is 6.75. The van der Waals surface area contributed by atoms with E-state index < -0.39 is 0 Å². The molecule has 0 aliphatic rings. The minimum absolute atomic E-state index is 0.293. The fourth-order valence-electron chi connectivity index (χ4n) is 2.28. The summed E-state index contributed by atoms with van der Waals surface area (Å²) in [6.07, 6.45) is 1.10. The second-order valence-corrected chi connectivity index (χ2v) is 6.12. The Kier molecular flexibility index (Phi) is 5.21. The van der Waals surface area contributed by atoms with E-state index in [0.29, 0.717) is 11.5 Å². The lowest BCUT2D eigenvalue weighted by Crippen LogP contribution is -2.26. The van der Waals surface area contributed by atoms with E-state index in [9.17, 15) is 0 Å². The Labute approximate surface area is 112 Å². The highest BCUT2D eigenvalue weighted by Gasteiger charge is 2.22. The van der Waals surface area contributed by atoms with Gasteiger partial charge in [0, 0.05) is 11.6 Å². The van der Waals surface area contributed by atoms with Gasteiger partial charge in [0.2, 0.25) is 0 Å². The molecule has 0 spiro atoms. The summed E-state index contributed by atoms with van der Waals surface area (Å²) in [5.74, 6) is 0.982. The van der Waals surface area contributed by atoms with Crippen LogP contribution >= 0.6 is 0 Å². The van der Waals surface area contributed by atoms with Crippen LogP contribution in [-0.4, -0.2) is 13.7 Å². The normalized spacial score (nSPS) is 13.4. The summed E-state index contributed by atoms with van der Waals surface area (Å²) in [5.41, 5.74) is 2.85. The largest absolute Gasteiger partial charge is 0.496 e. The summed E-state index contributed by atoms with van der Waals surface area (Å²) >= 11 is 0. The van der Waals surface area contributed by atoms with Gasteiger partial charge in [-0.25, -0.2) is 0 Å². The molecule has 0 saturated heterocycles. The summed E-state index contributed by atoms with van der Waals surface area (Å²) in [6, 6.07) is 6.75. The Morgan fingerprint density at radius 1 is 1.28 bits per heavy atom. The van der Waals surface area contributed by atoms with Crippen LogP contribution in [0.1, 0.15) is 51.3 Å². The molecule has 0 aromatic heterocycles. The van der Waals surface area contributed by atoms with Crippen LogP contribution in [0.4, 0.5) is 0 Å². The maximum Gasteiger partial charge on any atom is 0.123 e. The minimum Gasteiger partial charge on any atom is -0.496 e. The Balaban J connectivity index is 3.07. The van der Waals surface area contributed by atoms with Crippen LogP contribution in [0.5, 0.6) is 5.75 Å². The van der Waals surface area contributed by atoms with Crippen molar-refractivity contribution < 1.29 is 4.74 Å². The third-order valence-corrected chi connectivity index (χ3v) is 3.03. The maximum atomic E-state index is 5.50. The van der Waals surface area contributed by atoms with Crippen molar-refractivity contribution >= 4 is 0 Å². The van der Waals surface area contributed by atoms with Crippen molar-refractivity contribution in [1.29, 1.82) is 0 Å². The highest BCUT2D eigenvalue weighted by Crippen LogP contribution is 2.34. The molecule has 0 amide bonds. The Hall–Kier alpha value is -1.02. The lowest BCUT2D eigenvalue weighted by molar-refractivity contribution is 0.306. The van der Waals surface area contributed by atoms with Crippen molar-refractivity contribution in [2.24, 2.45) is 5.41 Å². The Morgan fingerprint density at radius 3 is 2.44 bits per heavy atom. The molecule has 1 aromatic carbocycles. The van der Waals surface area contributed by atoms with E-state index in [1.807, 2.05) is 0 Å². The molecule has 1 aromatic rings. The van der Waals surface area contributed by atoms with Crippen molar-refractivity contribution in [3.05, 3.63) is 29.3 Å². The predicted molar refractivity (Wildman–Crippen MR) is 78.2 cm³/mol. The number of aryl methyl sites for hydroxylation is 1. The van der Waals surface area contributed by atoms with Crippen LogP contribution in [0.3, 0.4) is 0 Å². The first-order valence-corrected chi connectivity index (χ1v) is 6.75. The highest BCUT2D eigenvalue weighted by atomic mass is 16.5. The fraction of sp³-hybridized carbons (Fsp3) is 0.625. The summed E-state index contributed by atoms with van der Waals surface area (Å²) in [6.45, 7) is 12.1. The smallest absolute Gasteiger partial charge is 0.123 e. The van der Waals surface area contributed by atoms with E-state index in [2.05, 4.69) is 58.1 Å². The highest BCUT2D eigenvalue weighted by molar-refractivity contribution is 5.39. The van der Waals surface area contributed by atoms with Gasteiger partial charge in [0.1, 0.15) is 5.75 Å². The van der Waals surface area contributed by atoms with E-state index in [0.717, 1.165) is 18.7 Å². The van der Waals surface area contributed by atoms with Gasteiger partial charge < -0.3 is 10.1 Å². The number of methoxy groups -OCH3 is 1. The number of hydrogen-bond acceptors (Lipinski definition) is 2. The van der Waals surface area contributed by atoms with Crippen molar-refractivity contribution in [2.45, 2.75) is 47.1 Å². The molecule has 0 aliphatic heterocycles. The first-order chi connectivity index (χ1) is 8.37. The zero-order chi connectivity index (χ0) is 13.8. The van der Waals surface area contributed by atoms with Gasteiger partial charge in [-0.15, -0.1) is 0 Å². The molecule has 102 valence electrons. The van der Waals surface area contributed by atoms with Gasteiger partial charge in [-0.2, -0.15) is 0 Å². The molecule has 1 rings (SSSR count). The molecule has 2 heteroatoms. The lowest BCUT2D eigenvalue weighted by Gasteiger charge is -2.28. The summed E-state index contributed by atoms with van der Waals surface area (Å²) in [5, 5.41) is 3.58. The third-order valence-electron chi connectivity index (χ3n) is 3.03. The van der Waals surface area contributed by atoms with E-state index in [1.165, 1.54) is 11.1 Å². The quantitative estimate of drug-likeness (QED) is 0.848. The second-order valence-electron chi connectivity index (χ2n) is 6.12. The van der Waals surface area contributed by atoms with Crippen LogP contribution in [0.15, 0.2) is 18.2 Å². The zero-order valence-electron chi connectivity index (χ0n) is 12.6. The monoisotopic (exact) mass is 249 g/mol. The van der Waals surface area contributed by atoms with Crippen molar-refractivity contribution in [3.63, 3.8) is 0 Å². The SMILES string of the molecule is CCNC(CC(C)(C)C)c1cc(C)ccc1OC. The lowest BCUT2D eigenvalue weighted by atomic mass is 9.85. The van der Waals surface area contributed by atoms with Crippen LogP contribution in [0.2, 0.25) is 0 Å². The molecule has 0 aliphatic carbocycles. The number of benzene rings is 1. The van der Waals surface area contributed by atoms with Gasteiger partial charge in [-0.3, -0.25) is 0 Å². The van der Waals surface area contributed by atoms with Crippen LogP contribution in [-0.2, 0) is 0 Å². The minimum atomic E-state index is 0.293. The Morgan fingerprint density at radius 2 is 1.94 bits per heavy atom. The molecule has 0 fully saturated rings. The molecular weight excluding hydrogens is 222 g/mol. The number of hydrogen-bond donors (Lipinski definition) is 1. The van der Waals surface area contributed by atoms with E-state index >= 15 is 0 Å². The number of ether oxygens (including phenoxy) is 1. The predicted octanol–water partition coefficient (Wildman–Crippen LogP) is 4.09. The zero-order valence-corrected chi connectivity index (χ0v) is 12.6. The van der Waals surface area contributed by atoms with Gasteiger partial charge in [-0.1, -0.05) is 45.4 Å². The molecule has 0 saturated carbocycles. The van der Waals surface area contributed by atoms with Gasteiger partial charge in [0.05, 0.1) is 7.11 Å². The molecule has 18 heavy (non-hydrogen) atoms. The molecule has 2 nitrogen and oxygen atoms in total. The molecule has 1 N–H and O–H groups in total. The van der Waals surface area contributed by atoms with Crippen LogP contribution in [0.25, 0.3) is 0 Å².